The number of benzene rings is 3. The van der Waals surface area contributed by atoms with E-state index in [1.165, 1.54) is 0 Å². The summed E-state index contributed by atoms with van der Waals surface area (Å²) in [6.45, 7) is 0.251. The summed E-state index contributed by atoms with van der Waals surface area (Å²) in [4.78, 5) is 12.5. The highest BCUT2D eigenvalue weighted by atomic mass is 16.5. The van der Waals surface area contributed by atoms with Crippen LogP contribution in [0.25, 0.3) is 0 Å². The zero-order valence-corrected chi connectivity index (χ0v) is 14.8. The number of rotatable bonds is 6. The minimum atomic E-state index is -0.262. The number of nitrogens with one attached hydrogen (secondary N) is 1. The maximum Gasteiger partial charge on any atom is 0.255 e. The minimum absolute atomic E-state index is 0.251. The van der Waals surface area contributed by atoms with Crippen molar-refractivity contribution in [3.63, 3.8) is 0 Å². The minimum Gasteiger partial charge on any atom is -0.495 e. The van der Waals surface area contributed by atoms with Gasteiger partial charge in [-0.05, 0) is 36.4 Å². The summed E-state index contributed by atoms with van der Waals surface area (Å²) in [5, 5.41) is 12.0. The monoisotopic (exact) mass is 358 g/mol. The van der Waals surface area contributed by atoms with Gasteiger partial charge in [-0.3, -0.25) is 4.79 Å². The Morgan fingerprint density at radius 3 is 2.63 bits per heavy atom. The van der Waals surface area contributed by atoms with Gasteiger partial charge in [0.05, 0.1) is 24.4 Å². The van der Waals surface area contributed by atoms with Crippen molar-refractivity contribution < 1.29 is 14.3 Å². The fraction of sp³-hybridized carbons (Fsp3) is 0.0909. The first-order chi connectivity index (χ1) is 13.2. The van der Waals surface area contributed by atoms with Crippen LogP contribution < -0.4 is 14.8 Å². The third kappa shape index (κ3) is 4.44. The van der Waals surface area contributed by atoms with Crippen molar-refractivity contribution in [2.24, 2.45) is 0 Å². The molecule has 0 saturated carbocycles. The summed E-state index contributed by atoms with van der Waals surface area (Å²) in [7, 11) is 1.55. The molecule has 27 heavy (non-hydrogen) atoms. The molecule has 0 radical (unpaired) electrons. The summed E-state index contributed by atoms with van der Waals surface area (Å²) >= 11 is 0. The molecule has 3 aromatic rings. The summed E-state index contributed by atoms with van der Waals surface area (Å²) in [5.41, 5.74) is 2.43. The van der Waals surface area contributed by atoms with Crippen molar-refractivity contribution in [1.29, 1.82) is 5.26 Å². The molecule has 0 aliphatic rings. The number of nitrogens with zero attached hydrogens (tertiary/aromatic N) is 1. The van der Waals surface area contributed by atoms with Gasteiger partial charge in [-0.1, -0.05) is 36.4 Å². The summed E-state index contributed by atoms with van der Waals surface area (Å²) < 4.78 is 11.0. The number of carbonyl (C=O) groups is 1. The van der Waals surface area contributed by atoms with Crippen LogP contribution in [0.5, 0.6) is 11.5 Å². The van der Waals surface area contributed by atoms with Gasteiger partial charge in [-0.2, -0.15) is 5.26 Å². The van der Waals surface area contributed by atoms with Crippen molar-refractivity contribution in [2.45, 2.75) is 6.61 Å². The van der Waals surface area contributed by atoms with Crippen LogP contribution in [0.15, 0.2) is 72.8 Å². The van der Waals surface area contributed by atoms with Gasteiger partial charge in [0.25, 0.3) is 5.91 Å². The molecule has 1 amide bonds. The van der Waals surface area contributed by atoms with Gasteiger partial charge >= 0.3 is 0 Å². The Balaban J connectivity index is 1.71. The van der Waals surface area contributed by atoms with Crippen LogP contribution in [0.1, 0.15) is 21.5 Å². The van der Waals surface area contributed by atoms with Gasteiger partial charge in [-0.15, -0.1) is 0 Å². The van der Waals surface area contributed by atoms with E-state index in [0.29, 0.717) is 28.3 Å². The van der Waals surface area contributed by atoms with Crippen molar-refractivity contribution >= 4 is 11.6 Å². The second kappa shape index (κ2) is 8.54. The van der Waals surface area contributed by atoms with Gasteiger partial charge in [0.1, 0.15) is 18.1 Å². The Bertz CT molecular complexity index is 993. The number of amides is 1. The average Bonchev–Trinajstić information content (AvgIpc) is 2.73. The fourth-order valence-electron chi connectivity index (χ4n) is 2.59. The van der Waals surface area contributed by atoms with Crippen molar-refractivity contribution in [3.05, 3.63) is 89.5 Å². The molecule has 134 valence electrons. The molecule has 0 spiro atoms. The molecule has 0 saturated heterocycles. The maximum atomic E-state index is 12.5. The predicted molar refractivity (Wildman–Crippen MR) is 103 cm³/mol. The van der Waals surface area contributed by atoms with E-state index in [1.54, 1.807) is 49.6 Å². The Morgan fingerprint density at radius 1 is 1.04 bits per heavy atom. The highest BCUT2D eigenvalue weighted by Gasteiger charge is 2.10. The third-order valence-electron chi connectivity index (χ3n) is 3.98. The molecule has 0 heterocycles. The second-order valence-corrected chi connectivity index (χ2v) is 5.74. The molecule has 0 bridgehead atoms. The van der Waals surface area contributed by atoms with E-state index in [0.717, 1.165) is 5.56 Å². The SMILES string of the molecule is COc1ccccc1NC(=O)c1cccc(OCc2ccccc2C#N)c1. The lowest BCUT2D eigenvalue weighted by Gasteiger charge is -2.11. The fourth-order valence-corrected chi connectivity index (χ4v) is 2.59. The van der Waals surface area contributed by atoms with E-state index >= 15 is 0 Å². The largest absolute Gasteiger partial charge is 0.495 e. The van der Waals surface area contributed by atoms with E-state index in [1.807, 2.05) is 30.3 Å². The number of nitriles is 1. The molecule has 3 aromatic carbocycles. The van der Waals surface area contributed by atoms with Crippen LogP contribution in [0, 0.1) is 11.3 Å². The molecule has 5 nitrogen and oxygen atoms in total. The van der Waals surface area contributed by atoms with Crippen LogP contribution >= 0.6 is 0 Å². The Kier molecular flexibility index (Phi) is 5.70. The van der Waals surface area contributed by atoms with Crippen molar-refractivity contribution in [3.8, 4) is 17.6 Å². The first-order valence-electron chi connectivity index (χ1n) is 8.36. The number of ether oxygens (including phenoxy) is 2. The molecule has 0 aromatic heterocycles. The van der Waals surface area contributed by atoms with E-state index in [9.17, 15) is 4.79 Å². The van der Waals surface area contributed by atoms with Crippen LogP contribution in [0.2, 0.25) is 0 Å². The molecule has 1 N–H and O–H groups in total. The number of carbonyl (C=O) groups excluding carboxylic acids is 1. The molecule has 3 rings (SSSR count). The summed E-state index contributed by atoms with van der Waals surface area (Å²) in [6, 6.07) is 23.5. The first-order valence-corrected chi connectivity index (χ1v) is 8.36. The molecule has 0 aliphatic heterocycles. The number of methoxy groups -OCH3 is 1. The van der Waals surface area contributed by atoms with Crippen molar-refractivity contribution in [1.82, 2.24) is 0 Å². The molecular weight excluding hydrogens is 340 g/mol. The van der Waals surface area contributed by atoms with E-state index in [2.05, 4.69) is 11.4 Å². The predicted octanol–water partition coefficient (Wildman–Crippen LogP) is 4.40. The van der Waals surface area contributed by atoms with Gasteiger partial charge in [0.2, 0.25) is 0 Å². The summed E-state index contributed by atoms with van der Waals surface area (Å²) in [5.74, 6) is 0.879. The third-order valence-corrected chi connectivity index (χ3v) is 3.98. The van der Waals surface area contributed by atoms with Crippen LogP contribution in [-0.4, -0.2) is 13.0 Å². The molecule has 0 aliphatic carbocycles. The molecule has 0 atom stereocenters. The van der Waals surface area contributed by atoms with Crippen molar-refractivity contribution in [2.75, 3.05) is 12.4 Å². The summed E-state index contributed by atoms with van der Waals surface area (Å²) in [6.07, 6.45) is 0. The standard InChI is InChI=1S/C22H18N2O3/c1-26-21-12-5-4-11-20(21)24-22(25)16-9-6-10-19(13-16)27-15-18-8-3-2-7-17(18)14-23/h2-13H,15H2,1H3,(H,24,25). The number of anilines is 1. The second-order valence-electron chi connectivity index (χ2n) is 5.74. The molecular formula is C22H18N2O3. The Morgan fingerprint density at radius 2 is 1.81 bits per heavy atom. The zero-order valence-electron chi connectivity index (χ0n) is 14.8. The van der Waals surface area contributed by atoms with E-state index in [-0.39, 0.29) is 12.5 Å². The maximum absolute atomic E-state index is 12.5. The lowest BCUT2D eigenvalue weighted by atomic mass is 10.1. The van der Waals surface area contributed by atoms with Crippen LogP contribution in [-0.2, 0) is 6.61 Å². The number of hydrogen-bond acceptors (Lipinski definition) is 4. The normalized spacial score (nSPS) is 9.93. The first kappa shape index (κ1) is 18.0. The number of para-hydroxylation sites is 2. The lowest BCUT2D eigenvalue weighted by molar-refractivity contribution is 0.102. The van der Waals surface area contributed by atoms with Crippen LogP contribution in [0.3, 0.4) is 0 Å². The van der Waals surface area contributed by atoms with Gasteiger partial charge in [0, 0.05) is 11.1 Å². The van der Waals surface area contributed by atoms with Gasteiger partial charge < -0.3 is 14.8 Å². The van der Waals surface area contributed by atoms with E-state index in [4.69, 9.17) is 14.7 Å². The van der Waals surface area contributed by atoms with Crippen LogP contribution in [0.4, 0.5) is 5.69 Å². The lowest BCUT2D eigenvalue weighted by Crippen LogP contribution is -2.12. The quantitative estimate of drug-likeness (QED) is 0.709. The van der Waals surface area contributed by atoms with Gasteiger partial charge in [0.15, 0.2) is 0 Å². The van der Waals surface area contributed by atoms with E-state index < -0.39 is 0 Å². The Hall–Kier alpha value is -3.78. The zero-order chi connectivity index (χ0) is 19.1. The highest BCUT2D eigenvalue weighted by molar-refractivity contribution is 6.05. The highest BCUT2D eigenvalue weighted by Crippen LogP contribution is 2.24. The molecule has 0 fully saturated rings. The number of hydrogen-bond donors (Lipinski definition) is 1. The molecule has 5 heteroatoms. The Labute approximate surface area is 157 Å². The average molecular weight is 358 g/mol. The topological polar surface area (TPSA) is 71.3 Å². The molecule has 0 unspecified atom stereocenters. The van der Waals surface area contributed by atoms with Gasteiger partial charge in [-0.25, -0.2) is 0 Å². The smallest absolute Gasteiger partial charge is 0.255 e.